The minimum Gasteiger partial charge on any atom is -1.00 e. The van der Waals surface area contributed by atoms with Gasteiger partial charge in [-0.2, -0.15) is 29.3 Å². The van der Waals surface area contributed by atoms with Crippen LogP contribution in [0.5, 0.6) is 0 Å². The van der Waals surface area contributed by atoms with Gasteiger partial charge in [0.1, 0.15) is 0 Å². The Bertz CT molecular complexity index is 1190. The van der Waals surface area contributed by atoms with Gasteiger partial charge in [0, 0.05) is 0 Å². The van der Waals surface area contributed by atoms with E-state index in [4.69, 9.17) is 0 Å². The number of benzene rings is 1. The van der Waals surface area contributed by atoms with Crippen molar-refractivity contribution in [3.8, 4) is 0 Å². The van der Waals surface area contributed by atoms with Gasteiger partial charge in [-0.3, -0.25) is 0 Å². The van der Waals surface area contributed by atoms with Gasteiger partial charge in [0.25, 0.3) is 0 Å². The van der Waals surface area contributed by atoms with E-state index in [2.05, 4.69) is 96.0 Å². The summed E-state index contributed by atoms with van der Waals surface area (Å²) in [6, 6.07) is 19.2. The summed E-state index contributed by atoms with van der Waals surface area (Å²) >= 11 is 1.30. The van der Waals surface area contributed by atoms with Crippen molar-refractivity contribution in [1.82, 2.24) is 0 Å². The monoisotopic (exact) mass is 624 g/mol. The molecule has 6 rings (SSSR count). The van der Waals surface area contributed by atoms with Gasteiger partial charge in [-0.1, -0.05) is 113 Å². The van der Waals surface area contributed by atoms with Crippen LogP contribution in [-0.4, -0.2) is 4.21 Å². The SMILES string of the molecule is C[C-]1C2=C3Cc4ccccc4C3=C3C=CCCC3C2(C)C(C)(C)C(C)(C)C1(C)C.[CH2]=[Zr+2].[Cl-].[Cl-].c1cc[cH-]c1. The third kappa shape index (κ3) is 4.48. The van der Waals surface area contributed by atoms with E-state index < -0.39 is 0 Å². The van der Waals surface area contributed by atoms with Gasteiger partial charge in [-0.25, -0.2) is 18.1 Å². The number of hydrogen-bond donors (Lipinski definition) is 0. The smallest absolute Gasteiger partial charge is 0.172 e. The molecule has 1 saturated carbocycles. The second-order valence-electron chi connectivity index (χ2n) is 12.7. The van der Waals surface area contributed by atoms with Gasteiger partial charge in [0.2, 0.25) is 0 Å². The summed E-state index contributed by atoms with van der Waals surface area (Å²) in [6.45, 7) is 20.3. The van der Waals surface area contributed by atoms with E-state index >= 15 is 0 Å². The number of fused-ring (bicyclic) bond motifs is 6. The third-order valence-corrected chi connectivity index (χ3v) is 11.3. The topological polar surface area (TPSA) is 0 Å². The van der Waals surface area contributed by atoms with Crippen molar-refractivity contribution in [3.63, 3.8) is 0 Å². The second kappa shape index (κ2) is 11.8. The number of halogens is 2. The molecule has 0 radical (unpaired) electrons. The minimum atomic E-state index is 0. The van der Waals surface area contributed by atoms with E-state index in [0.29, 0.717) is 5.92 Å². The Hall–Kier alpha value is -1.01. The molecule has 2 aromatic rings. The molecule has 0 heterocycles. The van der Waals surface area contributed by atoms with E-state index in [1.54, 1.807) is 28.2 Å². The van der Waals surface area contributed by atoms with E-state index in [-0.39, 0.29) is 46.5 Å². The maximum absolute atomic E-state index is 3.34. The largest absolute Gasteiger partial charge is 1.00 e. The molecule has 3 heteroatoms. The first-order valence-electron chi connectivity index (χ1n) is 13.6. The average molecular weight is 627 g/mol. The molecular weight excluding hydrogens is 583 g/mol. The second-order valence-corrected chi connectivity index (χ2v) is 12.7. The molecule has 0 nitrogen and oxygen atoms in total. The van der Waals surface area contributed by atoms with E-state index in [9.17, 15) is 0 Å². The summed E-state index contributed by atoms with van der Waals surface area (Å²) in [5, 5.41) is 0. The first-order chi connectivity index (χ1) is 17.0. The summed E-state index contributed by atoms with van der Waals surface area (Å²) in [6.07, 6.45) is 8.50. The Balaban J connectivity index is 0.000000500. The van der Waals surface area contributed by atoms with Crippen LogP contribution in [0.4, 0.5) is 0 Å². The Kier molecular flexibility index (Phi) is 10.4. The Morgan fingerprint density at radius 1 is 0.895 bits per heavy atom. The fourth-order valence-corrected chi connectivity index (χ4v) is 7.89. The van der Waals surface area contributed by atoms with E-state index in [1.165, 1.54) is 48.2 Å². The van der Waals surface area contributed by atoms with Crippen LogP contribution in [0.1, 0.15) is 79.4 Å². The molecule has 2 aromatic carbocycles. The summed E-state index contributed by atoms with van der Waals surface area (Å²) in [4.78, 5) is 0. The molecule has 2 unspecified atom stereocenters. The standard InChI is InChI=1S/C29H37.C5H5.CH2.2ClH.Zr/c1-18-25-22-17-19-13-9-10-14-20(19)24(22)21-15-11-12-16-23(21)29(25,8)28(6,7)27(4,5)26(18,2)3;1-2-4-5-3-1;;;;/h9-11,13-15,23H,12,16-17H2,1-8H3;1-5H;1H2;2*1H;/q2*-1;;;;+2/p-2. The molecule has 0 amide bonds. The molecule has 4 aliphatic carbocycles. The zero-order chi connectivity index (χ0) is 26.5. The first-order valence-corrected chi connectivity index (χ1v) is 15.3. The van der Waals surface area contributed by atoms with Gasteiger partial charge in [0.05, 0.1) is 0 Å². The van der Waals surface area contributed by atoms with Crippen molar-refractivity contribution < 1.29 is 49.0 Å². The zero-order valence-electron chi connectivity index (χ0n) is 24.5. The molecule has 0 N–H and O–H groups in total. The average Bonchev–Trinajstić information content (AvgIpc) is 3.56. The fourth-order valence-electron chi connectivity index (χ4n) is 7.89. The van der Waals surface area contributed by atoms with Crippen molar-refractivity contribution >= 4 is 9.78 Å². The summed E-state index contributed by atoms with van der Waals surface area (Å²) in [5.74, 6) is 2.24. The van der Waals surface area contributed by atoms with Crippen molar-refractivity contribution in [2.24, 2.45) is 27.6 Å². The van der Waals surface area contributed by atoms with E-state index in [1.807, 2.05) is 30.3 Å². The molecule has 1 fully saturated rings. The van der Waals surface area contributed by atoms with Gasteiger partial charge < -0.3 is 24.8 Å². The van der Waals surface area contributed by atoms with Crippen LogP contribution in [-0.2, 0) is 30.7 Å². The molecule has 2 atom stereocenters. The Morgan fingerprint density at radius 2 is 1.50 bits per heavy atom. The third-order valence-electron chi connectivity index (χ3n) is 11.3. The predicted molar refractivity (Wildman–Crippen MR) is 153 cm³/mol. The van der Waals surface area contributed by atoms with Crippen molar-refractivity contribution in [2.75, 3.05) is 0 Å². The maximum Gasteiger partial charge on any atom is -0.172 e. The van der Waals surface area contributed by atoms with Crippen molar-refractivity contribution in [2.45, 2.75) is 74.7 Å². The van der Waals surface area contributed by atoms with Crippen molar-refractivity contribution in [1.29, 1.82) is 0 Å². The molecule has 0 bridgehead atoms. The summed E-state index contributed by atoms with van der Waals surface area (Å²) in [5.41, 5.74) is 10.3. The van der Waals surface area contributed by atoms with Crippen LogP contribution in [0.3, 0.4) is 0 Å². The molecular formula is C35H44Cl2Zr-2. The molecule has 38 heavy (non-hydrogen) atoms. The molecule has 0 spiro atoms. The number of rotatable bonds is 0. The van der Waals surface area contributed by atoms with Crippen LogP contribution in [0.25, 0.3) is 5.57 Å². The van der Waals surface area contributed by atoms with Crippen LogP contribution in [0.15, 0.2) is 83.5 Å². The zero-order valence-corrected chi connectivity index (χ0v) is 28.5. The number of hydrogen-bond acceptors (Lipinski definition) is 0. The van der Waals surface area contributed by atoms with E-state index in [0.717, 1.165) is 6.42 Å². The summed E-state index contributed by atoms with van der Waals surface area (Å²) < 4.78 is 3.34. The molecule has 0 aromatic heterocycles. The first kappa shape index (κ1) is 33.2. The molecule has 4 aliphatic rings. The summed E-state index contributed by atoms with van der Waals surface area (Å²) in [7, 11) is 0. The van der Waals surface area contributed by atoms with Crippen molar-refractivity contribution in [3.05, 3.63) is 101 Å². The van der Waals surface area contributed by atoms with Crippen LogP contribution < -0.4 is 24.8 Å². The van der Waals surface area contributed by atoms with Crippen LogP contribution >= 0.6 is 0 Å². The van der Waals surface area contributed by atoms with Crippen LogP contribution in [0.2, 0.25) is 0 Å². The molecule has 0 saturated heterocycles. The van der Waals surface area contributed by atoms with Gasteiger partial charge in [0.15, 0.2) is 0 Å². The predicted octanol–water partition coefficient (Wildman–Crippen LogP) is 3.34. The van der Waals surface area contributed by atoms with Gasteiger partial charge in [-0.05, 0) is 40.6 Å². The van der Waals surface area contributed by atoms with Gasteiger partial charge in [-0.15, -0.1) is 6.92 Å². The van der Waals surface area contributed by atoms with Gasteiger partial charge >= 0.3 is 28.4 Å². The number of allylic oxidation sites excluding steroid dienone is 6. The fraction of sp³-hybridized carbons (Fsp3) is 0.457. The van der Waals surface area contributed by atoms with Crippen LogP contribution in [0, 0.1) is 33.5 Å². The molecule has 204 valence electrons. The maximum atomic E-state index is 3.34. The minimum absolute atomic E-state index is 0. The quantitative estimate of drug-likeness (QED) is 0.394. The normalized spacial score (nSPS) is 26.6. The Morgan fingerprint density at radius 3 is 2.08 bits per heavy atom. The Labute approximate surface area is 260 Å². The molecule has 0 aliphatic heterocycles.